The second kappa shape index (κ2) is 10.0. The lowest BCUT2D eigenvalue weighted by molar-refractivity contribution is -0.111. The Kier molecular flexibility index (Phi) is 8.14. The maximum atomic E-state index is 13.5. The van der Waals surface area contributed by atoms with Gasteiger partial charge in [0.2, 0.25) is 0 Å². The first-order valence-corrected chi connectivity index (χ1v) is 11.9. The summed E-state index contributed by atoms with van der Waals surface area (Å²) in [5.41, 5.74) is -0.119. The SMILES string of the molecule is CCC(c1ccc(Cl)c(Cl)c1)C(C=O)N(C(=O)NC(C)(C)C)S(=O)(=O)c1ccccc1. The van der Waals surface area contributed by atoms with Crippen LogP contribution in [0.1, 0.15) is 45.6 Å². The molecular weight excluding hydrogens is 459 g/mol. The molecule has 0 radical (unpaired) electrons. The van der Waals surface area contributed by atoms with Crippen molar-refractivity contribution in [2.24, 2.45) is 0 Å². The number of benzene rings is 2. The molecule has 0 saturated carbocycles. The number of amides is 2. The number of hydrogen-bond acceptors (Lipinski definition) is 4. The molecule has 2 atom stereocenters. The number of hydrogen-bond donors (Lipinski definition) is 1. The zero-order valence-corrected chi connectivity index (χ0v) is 20.1. The molecule has 9 heteroatoms. The van der Waals surface area contributed by atoms with Gasteiger partial charge in [-0.2, -0.15) is 0 Å². The first kappa shape index (κ1) is 25.2. The van der Waals surface area contributed by atoms with E-state index in [4.69, 9.17) is 23.2 Å². The Hall–Kier alpha value is -2.09. The highest BCUT2D eigenvalue weighted by Gasteiger charge is 2.41. The molecule has 2 unspecified atom stereocenters. The van der Waals surface area contributed by atoms with Gasteiger partial charge in [-0.1, -0.05) is 54.4 Å². The third-order valence-electron chi connectivity index (χ3n) is 4.62. The highest BCUT2D eigenvalue weighted by Crippen LogP contribution is 2.33. The molecule has 0 aromatic heterocycles. The Morgan fingerprint density at radius 1 is 1.10 bits per heavy atom. The summed E-state index contributed by atoms with van der Waals surface area (Å²) in [6, 6.07) is 10.2. The van der Waals surface area contributed by atoms with Gasteiger partial charge in [0.1, 0.15) is 12.3 Å². The van der Waals surface area contributed by atoms with Crippen molar-refractivity contribution in [1.29, 1.82) is 0 Å². The van der Waals surface area contributed by atoms with Crippen molar-refractivity contribution in [2.75, 3.05) is 0 Å². The van der Waals surface area contributed by atoms with E-state index in [1.165, 1.54) is 12.1 Å². The summed E-state index contributed by atoms with van der Waals surface area (Å²) in [5.74, 6) is -0.628. The Bertz CT molecular complexity index is 1040. The van der Waals surface area contributed by atoms with Crippen LogP contribution < -0.4 is 5.32 Å². The molecule has 2 aromatic rings. The number of sulfonamides is 1. The Morgan fingerprint density at radius 3 is 2.19 bits per heavy atom. The fourth-order valence-electron chi connectivity index (χ4n) is 3.22. The zero-order chi connectivity index (χ0) is 23.4. The molecule has 0 fully saturated rings. The van der Waals surface area contributed by atoms with Gasteiger partial charge in [-0.05, 0) is 57.0 Å². The van der Waals surface area contributed by atoms with E-state index in [2.05, 4.69) is 5.32 Å². The fraction of sp³-hybridized carbons (Fsp3) is 0.364. The summed E-state index contributed by atoms with van der Waals surface area (Å²) in [5, 5.41) is 3.27. The normalized spacial score (nSPS) is 13.9. The van der Waals surface area contributed by atoms with Crippen LogP contribution in [0, 0.1) is 0 Å². The molecule has 0 bridgehead atoms. The lowest BCUT2D eigenvalue weighted by Crippen LogP contribution is -2.56. The number of nitrogens with one attached hydrogen (secondary N) is 1. The topological polar surface area (TPSA) is 83.6 Å². The highest BCUT2D eigenvalue weighted by molar-refractivity contribution is 7.89. The largest absolute Gasteiger partial charge is 0.333 e. The van der Waals surface area contributed by atoms with Crippen molar-refractivity contribution >= 4 is 45.5 Å². The number of urea groups is 1. The highest BCUT2D eigenvalue weighted by atomic mass is 35.5. The number of carbonyl (C=O) groups is 2. The minimum absolute atomic E-state index is 0.0881. The predicted molar refractivity (Wildman–Crippen MR) is 123 cm³/mol. The second-order valence-electron chi connectivity index (χ2n) is 8.11. The molecule has 0 aliphatic carbocycles. The first-order chi connectivity index (χ1) is 14.4. The second-order valence-corrected chi connectivity index (χ2v) is 10.7. The molecule has 2 amide bonds. The molecule has 0 aliphatic heterocycles. The summed E-state index contributed by atoms with van der Waals surface area (Å²) in [7, 11) is -4.33. The first-order valence-electron chi connectivity index (χ1n) is 9.74. The lowest BCUT2D eigenvalue weighted by atomic mass is 9.90. The van der Waals surface area contributed by atoms with Gasteiger partial charge in [0, 0.05) is 11.5 Å². The van der Waals surface area contributed by atoms with Crippen LogP contribution in [0.15, 0.2) is 53.4 Å². The average molecular weight is 485 g/mol. The fourth-order valence-corrected chi connectivity index (χ4v) is 5.03. The van der Waals surface area contributed by atoms with Crippen molar-refractivity contribution in [3.63, 3.8) is 0 Å². The minimum atomic E-state index is -4.33. The van der Waals surface area contributed by atoms with Crippen molar-refractivity contribution in [2.45, 2.75) is 56.5 Å². The number of halogens is 2. The van der Waals surface area contributed by atoms with Gasteiger partial charge < -0.3 is 10.1 Å². The molecule has 6 nitrogen and oxygen atoms in total. The van der Waals surface area contributed by atoms with Crippen molar-refractivity contribution < 1.29 is 18.0 Å². The van der Waals surface area contributed by atoms with Gasteiger partial charge in [-0.15, -0.1) is 0 Å². The maximum Gasteiger partial charge on any atom is 0.332 e. The number of nitrogens with zero attached hydrogens (tertiary/aromatic N) is 1. The van der Waals surface area contributed by atoms with Crippen LogP contribution in [0.5, 0.6) is 0 Å². The van der Waals surface area contributed by atoms with E-state index in [1.807, 2.05) is 0 Å². The molecule has 2 aromatic carbocycles. The van der Waals surface area contributed by atoms with Crippen LogP contribution in [0.2, 0.25) is 10.0 Å². The average Bonchev–Trinajstić information content (AvgIpc) is 2.69. The predicted octanol–water partition coefficient (Wildman–Crippen LogP) is 5.25. The molecule has 1 N–H and O–H groups in total. The summed E-state index contributed by atoms with van der Waals surface area (Å²) in [6.07, 6.45) is 0.865. The minimum Gasteiger partial charge on any atom is -0.333 e. The lowest BCUT2D eigenvalue weighted by Gasteiger charge is -2.35. The molecule has 0 aliphatic rings. The molecule has 0 heterocycles. The van der Waals surface area contributed by atoms with Gasteiger partial charge in [-0.25, -0.2) is 17.5 Å². The monoisotopic (exact) mass is 484 g/mol. The van der Waals surface area contributed by atoms with Crippen molar-refractivity contribution in [1.82, 2.24) is 9.62 Å². The van der Waals surface area contributed by atoms with E-state index in [0.29, 0.717) is 27.6 Å². The van der Waals surface area contributed by atoms with E-state index >= 15 is 0 Å². The van der Waals surface area contributed by atoms with Crippen LogP contribution in [-0.2, 0) is 14.8 Å². The number of carbonyl (C=O) groups excluding carboxylic acids is 2. The smallest absolute Gasteiger partial charge is 0.332 e. The van der Waals surface area contributed by atoms with Gasteiger partial charge in [0.05, 0.1) is 14.9 Å². The third kappa shape index (κ3) is 5.99. The van der Waals surface area contributed by atoms with Gasteiger partial charge >= 0.3 is 6.03 Å². The third-order valence-corrected chi connectivity index (χ3v) is 7.15. The van der Waals surface area contributed by atoms with Gasteiger partial charge in [0.25, 0.3) is 10.0 Å². The zero-order valence-electron chi connectivity index (χ0n) is 17.8. The molecular formula is C22H26Cl2N2O4S. The van der Waals surface area contributed by atoms with E-state index in [9.17, 15) is 18.0 Å². The standard InChI is InChI=1S/C22H26Cl2N2O4S/c1-5-17(15-11-12-18(23)19(24)13-15)20(14-27)26(21(28)25-22(2,3)4)31(29,30)16-9-7-6-8-10-16/h6-14,17,20H,5H2,1-4H3,(H,25,28). The summed E-state index contributed by atoms with van der Waals surface area (Å²) < 4.78 is 27.6. The van der Waals surface area contributed by atoms with Crippen LogP contribution >= 0.6 is 23.2 Å². The number of rotatable bonds is 7. The van der Waals surface area contributed by atoms with Crippen LogP contribution in [0.4, 0.5) is 4.79 Å². The summed E-state index contributed by atoms with van der Waals surface area (Å²) in [4.78, 5) is 25.4. The van der Waals surface area contributed by atoms with Crippen molar-refractivity contribution in [3.05, 3.63) is 64.1 Å². The van der Waals surface area contributed by atoms with Crippen LogP contribution in [0.25, 0.3) is 0 Å². The molecule has 2 rings (SSSR count). The van der Waals surface area contributed by atoms with E-state index < -0.39 is 33.6 Å². The van der Waals surface area contributed by atoms with E-state index in [0.717, 1.165) is 0 Å². The van der Waals surface area contributed by atoms with Gasteiger partial charge in [0.15, 0.2) is 0 Å². The molecule has 0 saturated heterocycles. The molecule has 168 valence electrons. The Morgan fingerprint density at radius 2 is 1.71 bits per heavy atom. The van der Waals surface area contributed by atoms with Crippen molar-refractivity contribution in [3.8, 4) is 0 Å². The van der Waals surface area contributed by atoms with E-state index in [1.54, 1.807) is 64.1 Å². The van der Waals surface area contributed by atoms with Crippen LogP contribution in [0.3, 0.4) is 0 Å². The quantitative estimate of drug-likeness (QED) is 0.543. The molecule has 31 heavy (non-hydrogen) atoms. The summed E-state index contributed by atoms with van der Waals surface area (Å²) in [6.45, 7) is 6.98. The van der Waals surface area contributed by atoms with Crippen LogP contribution in [-0.4, -0.2) is 36.6 Å². The Labute approximate surface area is 193 Å². The van der Waals surface area contributed by atoms with E-state index in [-0.39, 0.29) is 9.92 Å². The Balaban J connectivity index is 2.65. The summed E-state index contributed by atoms with van der Waals surface area (Å²) >= 11 is 12.2. The molecule has 0 spiro atoms. The number of aldehydes is 1. The van der Waals surface area contributed by atoms with Gasteiger partial charge in [-0.3, -0.25) is 0 Å². The maximum absolute atomic E-state index is 13.5.